The fourth-order valence-corrected chi connectivity index (χ4v) is 7.26. The fraction of sp³-hybridized carbons (Fsp3) is 0.682. The van der Waals surface area contributed by atoms with Crippen LogP contribution in [0.5, 0.6) is 0 Å². The summed E-state index contributed by atoms with van der Waals surface area (Å²) in [6, 6.07) is 8.12. The first-order valence-corrected chi connectivity index (χ1v) is 12.9. The van der Waals surface area contributed by atoms with Crippen molar-refractivity contribution in [3.8, 4) is 0 Å². The molecule has 31 heavy (non-hydrogen) atoms. The van der Waals surface area contributed by atoms with Gasteiger partial charge in [-0.25, -0.2) is 13.4 Å². The number of sulfonamides is 1. The number of morpholine rings is 2. The van der Waals surface area contributed by atoms with Gasteiger partial charge in [0, 0.05) is 20.1 Å². The number of rotatable bonds is 4. The Kier molecular flexibility index (Phi) is 5.81. The normalized spacial score (nSPS) is 27.3. The van der Waals surface area contributed by atoms with Crippen LogP contribution in [0.15, 0.2) is 24.3 Å². The zero-order valence-electron chi connectivity index (χ0n) is 18.2. The van der Waals surface area contributed by atoms with Crippen LogP contribution in [0.25, 0.3) is 11.0 Å². The number of ether oxygens (including phenoxy) is 2. The Balaban J connectivity index is 1.31. The molecule has 8 nitrogen and oxygen atoms in total. The Labute approximate surface area is 184 Å². The van der Waals surface area contributed by atoms with Crippen LogP contribution in [0.3, 0.4) is 0 Å². The molecule has 2 aromatic rings. The summed E-state index contributed by atoms with van der Waals surface area (Å²) in [7, 11) is -1.28. The highest BCUT2D eigenvalue weighted by Crippen LogP contribution is 2.31. The zero-order chi connectivity index (χ0) is 21.5. The molecule has 1 spiro atoms. The van der Waals surface area contributed by atoms with Crippen molar-refractivity contribution in [2.75, 3.05) is 39.4 Å². The summed E-state index contributed by atoms with van der Waals surface area (Å²) >= 11 is 0. The fourth-order valence-electron chi connectivity index (χ4n) is 5.20. The van der Waals surface area contributed by atoms with Gasteiger partial charge in [0.15, 0.2) is 5.79 Å². The van der Waals surface area contributed by atoms with Crippen molar-refractivity contribution in [3.05, 3.63) is 30.1 Å². The molecule has 1 saturated carbocycles. The van der Waals surface area contributed by atoms with Crippen LogP contribution in [-0.4, -0.2) is 77.6 Å². The third-order valence-electron chi connectivity index (χ3n) is 6.94. The van der Waals surface area contributed by atoms with E-state index in [0.29, 0.717) is 32.8 Å². The topological polar surface area (TPSA) is 76.9 Å². The molecule has 3 aliphatic rings. The first kappa shape index (κ1) is 21.3. The Morgan fingerprint density at radius 2 is 1.81 bits per heavy atom. The molecule has 2 saturated heterocycles. The van der Waals surface area contributed by atoms with E-state index >= 15 is 0 Å². The van der Waals surface area contributed by atoms with E-state index in [1.165, 1.54) is 0 Å². The van der Waals surface area contributed by atoms with E-state index in [2.05, 4.69) is 15.5 Å². The molecule has 3 fully saturated rings. The summed E-state index contributed by atoms with van der Waals surface area (Å²) in [5.74, 6) is 0.0868. The number of hydrogen-bond donors (Lipinski definition) is 0. The third kappa shape index (κ3) is 4.14. The van der Waals surface area contributed by atoms with E-state index in [9.17, 15) is 8.42 Å². The monoisotopic (exact) mass is 448 g/mol. The van der Waals surface area contributed by atoms with Gasteiger partial charge in [0.25, 0.3) is 0 Å². The number of aromatic nitrogens is 2. The van der Waals surface area contributed by atoms with Crippen molar-refractivity contribution in [2.45, 2.75) is 49.7 Å². The lowest BCUT2D eigenvalue weighted by Gasteiger charge is -2.47. The van der Waals surface area contributed by atoms with Crippen LogP contribution in [0, 0.1) is 0 Å². The molecule has 1 aromatic heterocycles. The molecule has 1 aromatic carbocycles. The third-order valence-corrected chi connectivity index (χ3v) is 9.28. The first-order valence-electron chi connectivity index (χ1n) is 11.4. The SMILES string of the molecule is Cn1c(CN2CCOC3(C2)CN(S(=O)(=O)C2CCCCC2)CCO3)nc2ccccc21. The second-order valence-electron chi connectivity index (χ2n) is 9.03. The van der Waals surface area contributed by atoms with Crippen LogP contribution >= 0.6 is 0 Å². The van der Waals surface area contributed by atoms with E-state index < -0.39 is 15.8 Å². The molecule has 5 rings (SSSR count). The van der Waals surface area contributed by atoms with Gasteiger partial charge >= 0.3 is 0 Å². The predicted octanol–water partition coefficient (Wildman–Crippen LogP) is 2.10. The number of hydrogen-bond acceptors (Lipinski definition) is 6. The number of imidazole rings is 1. The van der Waals surface area contributed by atoms with Crippen LogP contribution in [0.4, 0.5) is 0 Å². The molecule has 0 radical (unpaired) electrons. The largest absolute Gasteiger partial charge is 0.346 e. The summed E-state index contributed by atoms with van der Waals surface area (Å²) in [6.07, 6.45) is 4.68. The van der Waals surface area contributed by atoms with Gasteiger partial charge in [-0.1, -0.05) is 31.4 Å². The minimum atomic E-state index is -3.32. The minimum Gasteiger partial charge on any atom is -0.346 e. The van der Waals surface area contributed by atoms with Crippen molar-refractivity contribution in [1.29, 1.82) is 0 Å². The molecule has 170 valence electrons. The lowest BCUT2D eigenvalue weighted by atomic mass is 10.0. The van der Waals surface area contributed by atoms with E-state index in [4.69, 9.17) is 14.5 Å². The van der Waals surface area contributed by atoms with E-state index in [1.54, 1.807) is 4.31 Å². The zero-order valence-corrected chi connectivity index (χ0v) is 19.0. The Morgan fingerprint density at radius 1 is 1.06 bits per heavy atom. The van der Waals surface area contributed by atoms with Gasteiger partial charge in [0.1, 0.15) is 5.82 Å². The molecule has 0 amide bonds. The van der Waals surface area contributed by atoms with E-state index in [1.807, 2.05) is 25.2 Å². The lowest BCUT2D eigenvalue weighted by molar-refractivity contribution is -0.285. The summed E-state index contributed by atoms with van der Waals surface area (Å²) in [6.45, 7) is 3.54. The summed E-state index contributed by atoms with van der Waals surface area (Å²) in [5, 5.41) is -0.254. The van der Waals surface area contributed by atoms with Gasteiger partial charge in [-0.3, -0.25) is 4.90 Å². The number of aryl methyl sites for hydroxylation is 1. The van der Waals surface area contributed by atoms with E-state index in [0.717, 1.165) is 55.5 Å². The molecular formula is C22H32N4O4S. The Morgan fingerprint density at radius 3 is 2.58 bits per heavy atom. The number of nitrogens with zero attached hydrogens (tertiary/aromatic N) is 4. The molecule has 2 aliphatic heterocycles. The molecule has 1 aliphatic carbocycles. The van der Waals surface area contributed by atoms with Crippen LogP contribution in [-0.2, 0) is 33.1 Å². The lowest BCUT2D eigenvalue weighted by Crippen LogP contribution is -2.63. The maximum absolute atomic E-state index is 13.3. The van der Waals surface area contributed by atoms with Gasteiger partial charge in [-0.05, 0) is 25.0 Å². The Bertz CT molecular complexity index is 1030. The Hall–Kier alpha value is -1.52. The average molecular weight is 449 g/mol. The molecule has 3 heterocycles. The van der Waals surface area contributed by atoms with Crippen molar-refractivity contribution >= 4 is 21.1 Å². The molecule has 9 heteroatoms. The molecular weight excluding hydrogens is 416 g/mol. The van der Waals surface area contributed by atoms with Crippen LogP contribution < -0.4 is 0 Å². The van der Waals surface area contributed by atoms with Crippen molar-refractivity contribution in [2.24, 2.45) is 7.05 Å². The van der Waals surface area contributed by atoms with Crippen molar-refractivity contribution < 1.29 is 17.9 Å². The summed E-state index contributed by atoms with van der Waals surface area (Å²) < 4.78 is 42.5. The van der Waals surface area contributed by atoms with Gasteiger partial charge in [-0.15, -0.1) is 0 Å². The quantitative estimate of drug-likeness (QED) is 0.713. The molecule has 0 bridgehead atoms. The predicted molar refractivity (Wildman–Crippen MR) is 118 cm³/mol. The second-order valence-corrected chi connectivity index (χ2v) is 11.2. The highest BCUT2D eigenvalue weighted by atomic mass is 32.2. The number of para-hydroxylation sites is 2. The van der Waals surface area contributed by atoms with Crippen LogP contribution in [0.1, 0.15) is 37.9 Å². The van der Waals surface area contributed by atoms with Crippen LogP contribution in [0.2, 0.25) is 0 Å². The molecule has 1 atom stereocenters. The van der Waals surface area contributed by atoms with Gasteiger partial charge < -0.3 is 14.0 Å². The maximum atomic E-state index is 13.3. The number of fused-ring (bicyclic) bond motifs is 1. The smallest absolute Gasteiger partial charge is 0.217 e. The van der Waals surface area contributed by atoms with Gasteiger partial charge in [-0.2, -0.15) is 4.31 Å². The molecule has 1 unspecified atom stereocenters. The van der Waals surface area contributed by atoms with Crippen molar-refractivity contribution in [1.82, 2.24) is 18.8 Å². The first-order chi connectivity index (χ1) is 15.0. The maximum Gasteiger partial charge on any atom is 0.217 e. The van der Waals surface area contributed by atoms with E-state index in [-0.39, 0.29) is 11.8 Å². The standard InChI is InChI=1S/C22H32N4O4S/c1-24-20-10-6-5-9-19(20)23-21(24)15-25-11-13-29-22(16-25)17-26(12-14-30-22)31(27,28)18-7-3-2-4-8-18/h5-6,9-10,18H,2-4,7-8,11-17H2,1H3. The second kappa shape index (κ2) is 8.44. The molecule has 0 N–H and O–H groups in total. The van der Waals surface area contributed by atoms with Gasteiger partial charge in [0.2, 0.25) is 10.0 Å². The summed E-state index contributed by atoms with van der Waals surface area (Å²) in [4.78, 5) is 7.05. The van der Waals surface area contributed by atoms with Crippen molar-refractivity contribution in [3.63, 3.8) is 0 Å². The average Bonchev–Trinajstić information content (AvgIpc) is 3.10. The minimum absolute atomic E-state index is 0.254. The highest BCUT2D eigenvalue weighted by Gasteiger charge is 2.46. The number of benzene rings is 1. The summed E-state index contributed by atoms with van der Waals surface area (Å²) in [5.41, 5.74) is 2.10. The van der Waals surface area contributed by atoms with Gasteiger partial charge in [0.05, 0.1) is 49.1 Å². The highest BCUT2D eigenvalue weighted by molar-refractivity contribution is 7.89.